The van der Waals surface area contributed by atoms with Gasteiger partial charge in [-0.3, -0.25) is 14.8 Å². The number of hydrogen-bond donors (Lipinski definition) is 3. The second-order valence-electron chi connectivity index (χ2n) is 5.55. The predicted octanol–water partition coefficient (Wildman–Crippen LogP) is -0.0835. The van der Waals surface area contributed by atoms with E-state index in [1.165, 1.54) is 0 Å². The van der Waals surface area contributed by atoms with E-state index < -0.39 is 11.2 Å². The topological polar surface area (TPSA) is 113 Å². The van der Waals surface area contributed by atoms with E-state index in [0.717, 1.165) is 19.4 Å². The minimum atomic E-state index is -0.546. The summed E-state index contributed by atoms with van der Waals surface area (Å²) in [6.07, 6.45) is 5.83. The van der Waals surface area contributed by atoms with E-state index in [4.69, 9.17) is 5.73 Å². The summed E-state index contributed by atoms with van der Waals surface area (Å²) >= 11 is 0. The van der Waals surface area contributed by atoms with Crippen LogP contribution in [0.4, 0.5) is 5.95 Å². The Balaban J connectivity index is 2.17. The molecule has 8 heteroatoms. The number of nitrogens with two attached hydrogens (primary N) is 1. The molecule has 0 aromatic carbocycles. The third-order valence-corrected chi connectivity index (χ3v) is 3.89. The summed E-state index contributed by atoms with van der Waals surface area (Å²) in [5.41, 5.74) is 5.76. The first-order valence-electron chi connectivity index (χ1n) is 7.44. The van der Waals surface area contributed by atoms with Gasteiger partial charge in [0, 0.05) is 25.7 Å². The van der Waals surface area contributed by atoms with Crippen molar-refractivity contribution in [1.82, 2.24) is 19.5 Å². The molecule has 4 N–H and O–H groups in total. The molecule has 0 unspecified atom stereocenters. The molecule has 22 heavy (non-hydrogen) atoms. The molecule has 0 amide bonds. The largest absolute Gasteiger partial charge is 0.341 e. The van der Waals surface area contributed by atoms with Crippen LogP contribution in [0.2, 0.25) is 0 Å². The van der Waals surface area contributed by atoms with Crippen LogP contribution >= 0.6 is 0 Å². The van der Waals surface area contributed by atoms with E-state index in [2.05, 4.69) is 19.9 Å². The monoisotopic (exact) mass is 304 g/mol. The Morgan fingerprint density at radius 2 is 2.23 bits per heavy atom. The minimum absolute atomic E-state index is 0.0982. The van der Waals surface area contributed by atoms with Crippen molar-refractivity contribution in [3.05, 3.63) is 33.0 Å². The van der Waals surface area contributed by atoms with Gasteiger partial charge < -0.3 is 15.2 Å². The number of allylic oxidation sites excluding steroid dienone is 2. The lowest BCUT2D eigenvalue weighted by Gasteiger charge is -2.31. The Morgan fingerprint density at radius 3 is 2.95 bits per heavy atom. The van der Waals surface area contributed by atoms with Crippen molar-refractivity contribution in [1.29, 1.82) is 0 Å². The fourth-order valence-corrected chi connectivity index (χ4v) is 2.88. The number of H-pyrrole nitrogens is 2. The quantitative estimate of drug-likeness (QED) is 0.686. The molecule has 0 aliphatic carbocycles. The summed E-state index contributed by atoms with van der Waals surface area (Å²) in [4.78, 5) is 35.0. The SMILES string of the molecule is C/C=C/Cn1c(N2CCC[C@@H](N)C2)nc2[nH]c(=O)[nH]c(=O)c21. The zero-order valence-corrected chi connectivity index (χ0v) is 12.5. The van der Waals surface area contributed by atoms with Crippen LogP contribution in [0.25, 0.3) is 11.2 Å². The Morgan fingerprint density at radius 1 is 1.41 bits per heavy atom. The van der Waals surface area contributed by atoms with Crippen LogP contribution < -0.4 is 21.9 Å². The summed E-state index contributed by atoms with van der Waals surface area (Å²) in [7, 11) is 0. The molecular weight excluding hydrogens is 284 g/mol. The Labute approximate surface area is 126 Å². The van der Waals surface area contributed by atoms with Gasteiger partial charge in [0.15, 0.2) is 11.2 Å². The number of rotatable bonds is 3. The van der Waals surface area contributed by atoms with Gasteiger partial charge in [-0.15, -0.1) is 0 Å². The molecule has 2 aromatic heterocycles. The van der Waals surface area contributed by atoms with Crippen LogP contribution in [0, 0.1) is 0 Å². The van der Waals surface area contributed by atoms with Crippen LogP contribution in [0.1, 0.15) is 19.8 Å². The number of nitrogens with zero attached hydrogens (tertiary/aromatic N) is 3. The van der Waals surface area contributed by atoms with E-state index in [0.29, 0.717) is 30.2 Å². The standard InChI is InChI=1S/C14H20N6O2/c1-2-3-7-20-10-11(16-13(22)18-12(10)21)17-14(20)19-6-4-5-9(15)8-19/h2-3,9H,4-8,15H2,1H3,(H2,16,18,21,22)/b3-2+/t9-/m1/s1. The van der Waals surface area contributed by atoms with Crippen molar-refractivity contribution in [3.8, 4) is 0 Å². The van der Waals surface area contributed by atoms with Crippen LogP contribution in [0.3, 0.4) is 0 Å². The summed E-state index contributed by atoms with van der Waals surface area (Å²) in [5, 5.41) is 0. The summed E-state index contributed by atoms with van der Waals surface area (Å²) in [6, 6.07) is 0.0982. The van der Waals surface area contributed by atoms with Gasteiger partial charge in [0.25, 0.3) is 5.56 Å². The molecule has 0 bridgehead atoms. The van der Waals surface area contributed by atoms with Crippen molar-refractivity contribution >= 4 is 17.1 Å². The first-order chi connectivity index (χ1) is 10.6. The van der Waals surface area contributed by atoms with Gasteiger partial charge in [0.2, 0.25) is 5.95 Å². The fourth-order valence-electron chi connectivity index (χ4n) is 2.88. The lowest BCUT2D eigenvalue weighted by atomic mass is 10.1. The van der Waals surface area contributed by atoms with Crippen LogP contribution in [0.5, 0.6) is 0 Å². The van der Waals surface area contributed by atoms with Gasteiger partial charge in [0.1, 0.15) is 0 Å². The summed E-state index contributed by atoms with van der Waals surface area (Å²) < 4.78 is 1.82. The summed E-state index contributed by atoms with van der Waals surface area (Å²) in [6.45, 7) is 3.97. The lowest BCUT2D eigenvalue weighted by Crippen LogP contribution is -2.44. The second-order valence-corrected chi connectivity index (χ2v) is 5.55. The highest BCUT2D eigenvalue weighted by atomic mass is 16.2. The number of aromatic nitrogens is 4. The number of nitrogens with one attached hydrogen (secondary N) is 2. The van der Waals surface area contributed by atoms with E-state index >= 15 is 0 Å². The van der Waals surface area contributed by atoms with E-state index in [1.807, 2.05) is 23.6 Å². The maximum atomic E-state index is 12.1. The molecule has 3 heterocycles. The van der Waals surface area contributed by atoms with E-state index in [-0.39, 0.29) is 6.04 Å². The molecule has 1 aliphatic heterocycles. The van der Waals surface area contributed by atoms with Crippen molar-refractivity contribution in [2.75, 3.05) is 18.0 Å². The highest BCUT2D eigenvalue weighted by Crippen LogP contribution is 2.22. The van der Waals surface area contributed by atoms with Crippen molar-refractivity contribution in [2.24, 2.45) is 5.73 Å². The predicted molar refractivity (Wildman–Crippen MR) is 85.2 cm³/mol. The molecule has 0 saturated carbocycles. The number of aromatic amines is 2. The number of hydrogen-bond acceptors (Lipinski definition) is 5. The van der Waals surface area contributed by atoms with Gasteiger partial charge in [-0.2, -0.15) is 4.98 Å². The molecule has 0 spiro atoms. The van der Waals surface area contributed by atoms with Crippen LogP contribution in [0.15, 0.2) is 21.7 Å². The molecular formula is C14H20N6O2. The van der Waals surface area contributed by atoms with Crippen LogP contribution in [-0.2, 0) is 6.54 Å². The van der Waals surface area contributed by atoms with Gasteiger partial charge in [0.05, 0.1) is 0 Å². The zero-order chi connectivity index (χ0) is 15.7. The zero-order valence-electron chi connectivity index (χ0n) is 12.5. The molecule has 0 radical (unpaired) electrons. The van der Waals surface area contributed by atoms with Gasteiger partial charge >= 0.3 is 5.69 Å². The third-order valence-electron chi connectivity index (χ3n) is 3.89. The Kier molecular flexibility index (Phi) is 3.84. The average molecular weight is 304 g/mol. The van der Waals surface area contributed by atoms with Crippen molar-refractivity contribution in [2.45, 2.75) is 32.4 Å². The van der Waals surface area contributed by atoms with Crippen molar-refractivity contribution in [3.63, 3.8) is 0 Å². The third kappa shape index (κ3) is 2.57. The minimum Gasteiger partial charge on any atom is -0.341 e. The number of fused-ring (bicyclic) bond motifs is 1. The van der Waals surface area contributed by atoms with Crippen LogP contribution in [-0.4, -0.2) is 38.7 Å². The normalized spacial score (nSPS) is 19.4. The average Bonchev–Trinajstić information content (AvgIpc) is 2.83. The van der Waals surface area contributed by atoms with E-state index in [1.54, 1.807) is 0 Å². The maximum absolute atomic E-state index is 12.1. The molecule has 2 aromatic rings. The number of imidazole rings is 1. The fraction of sp³-hybridized carbons (Fsp3) is 0.500. The van der Waals surface area contributed by atoms with E-state index in [9.17, 15) is 9.59 Å². The van der Waals surface area contributed by atoms with Gasteiger partial charge in [-0.05, 0) is 19.8 Å². The number of piperidine rings is 1. The van der Waals surface area contributed by atoms with Gasteiger partial charge in [-0.1, -0.05) is 12.2 Å². The number of anilines is 1. The maximum Gasteiger partial charge on any atom is 0.327 e. The second kappa shape index (κ2) is 5.80. The Bertz CT molecular complexity index is 815. The summed E-state index contributed by atoms with van der Waals surface area (Å²) in [5.74, 6) is 0.676. The first kappa shape index (κ1) is 14.6. The van der Waals surface area contributed by atoms with Crippen molar-refractivity contribution < 1.29 is 0 Å². The van der Waals surface area contributed by atoms with Gasteiger partial charge in [-0.25, -0.2) is 4.79 Å². The molecule has 3 rings (SSSR count). The molecule has 118 valence electrons. The molecule has 1 fully saturated rings. The first-order valence-corrected chi connectivity index (χ1v) is 7.44. The Hall–Kier alpha value is -2.35. The molecule has 8 nitrogen and oxygen atoms in total. The highest BCUT2D eigenvalue weighted by molar-refractivity contribution is 5.73. The lowest BCUT2D eigenvalue weighted by molar-refractivity contribution is 0.495. The smallest absolute Gasteiger partial charge is 0.327 e. The molecule has 1 atom stereocenters. The highest BCUT2D eigenvalue weighted by Gasteiger charge is 2.23. The molecule has 1 aliphatic rings. The molecule has 1 saturated heterocycles.